The summed E-state index contributed by atoms with van der Waals surface area (Å²) in [5, 5.41) is 5.88. The van der Waals surface area contributed by atoms with Crippen LogP contribution in [-0.2, 0) is 0 Å². The first-order valence-corrected chi connectivity index (χ1v) is 7.58. The quantitative estimate of drug-likeness (QED) is 0.731. The van der Waals surface area contributed by atoms with Crippen molar-refractivity contribution in [1.82, 2.24) is 4.98 Å². The Labute approximate surface area is 144 Å². The first-order chi connectivity index (χ1) is 12.1. The van der Waals surface area contributed by atoms with Gasteiger partial charge in [0.25, 0.3) is 5.91 Å². The number of ether oxygens (including phenoxy) is 1. The molecule has 0 bridgehead atoms. The average molecular weight is 337 g/mol. The number of nitrogens with one attached hydrogen (secondary N) is 2. The van der Waals surface area contributed by atoms with E-state index in [4.69, 9.17) is 4.74 Å². The molecule has 0 fully saturated rings. The van der Waals surface area contributed by atoms with E-state index in [0.29, 0.717) is 5.69 Å². The van der Waals surface area contributed by atoms with Crippen molar-refractivity contribution >= 4 is 23.0 Å². The molecule has 2 aromatic carbocycles. The molecule has 2 N–H and O–H groups in total. The van der Waals surface area contributed by atoms with Crippen LogP contribution in [0.1, 0.15) is 10.5 Å². The smallest absolute Gasteiger partial charge is 0.274 e. The Morgan fingerprint density at radius 1 is 0.960 bits per heavy atom. The van der Waals surface area contributed by atoms with E-state index in [9.17, 15) is 9.18 Å². The fourth-order valence-corrected chi connectivity index (χ4v) is 2.20. The molecule has 0 spiro atoms. The summed E-state index contributed by atoms with van der Waals surface area (Å²) in [6.45, 7) is 0. The van der Waals surface area contributed by atoms with E-state index in [0.717, 1.165) is 17.1 Å². The van der Waals surface area contributed by atoms with Crippen molar-refractivity contribution in [3.63, 3.8) is 0 Å². The molecule has 0 aliphatic rings. The monoisotopic (exact) mass is 337 g/mol. The fraction of sp³-hybridized carbons (Fsp3) is 0.0526. The SMILES string of the molecule is COc1ccc(Nc2ccnc(C(=O)Nc3ccc(F)cc3)c2)cc1. The van der Waals surface area contributed by atoms with Gasteiger partial charge in [0.05, 0.1) is 7.11 Å². The highest BCUT2D eigenvalue weighted by atomic mass is 19.1. The maximum Gasteiger partial charge on any atom is 0.274 e. The van der Waals surface area contributed by atoms with Crippen molar-refractivity contribution in [3.05, 3.63) is 78.4 Å². The van der Waals surface area contributed by atoms with Crippen LogP contribution in [0.3, 0.4) is 0 Å². The number of benzene rings is 2. The first kappa shape index (κ1) is 16.4. The minimum absolute atomic E-state index is 0.253. The lowest BCUT2D eigenvalue weighted by Crippen LogP contribution is -2.13. The summed E-state index contributed by atoms with van der Waals surface area (Å²) in [6.07, 6.45) is 1.55. The standard InChI is InChI=1S/C19H16FN3O2/c1-25-17-8-6-14(7-9-17)22-16-10-11-21-18(12-16)19(24)23-15-4-2-13(20)3-5-15/h2-12H,1H3,(H,21,22)(H,23,24). The van der Waals surface area contributed by atoms with Crippen LogP contribution in [0.2, 0.25) is 0 Å². The lowest BCUT2D eigenvalue weighted by atomic mass is 10.2. The molecule has 0 atom stereocenters. The van der Waals surface area contributed by atoms with Crippen LogP contribution in [0.15, 0.2) is 66.9 Å². The summed E-state index contributed by atoms with van der Waals surface area (Å²) in [7, 11) is 1.61. The van der Waals surface area contributed by atoms with E-state index in [1.165, 1.54) is 24.3 Å². The number of methoxy groups -OCH3 is 1. The topological polar surface area (TPSA) is 63.2 Å². The van der Waals surface area contributed by atoms with Crippen LogP contribution < -0.4 is 15.4 Å². The second kappa shape index (κ2) is 7.44. The van der Waals surface area contributed by atoms with Crippen LogP contribution in [0.5, 0.6) is 5.75 Å². The molecular formula is C19H16FN3O2. The zero-order valence-corrected chi connectivity index (χ0v) is 13.5. The molecule has 126 valence electrons. The number of aromatic nitrogens is 1. The molecule has 0 aliphatic carbocycles. The number of amides is 1. The molecule has 0 saturated heterocycles. The van der Waals surface area contributed by atoms with Crippen molar-refractivity contribution in [2.75, 3.05) is 17.7 Å². The second-order valence-corrected chi connectivity index (χ2v) is 5.24. The van der Waals surface area contributed by atoms with Gasteiger partial charge in [-0.1, -0.05) is 0 Å². The molecule has 3 rings (SSSR count). The Morgan fingerprint density at radius 2 is 1.64 bits per heavy atom. The number of hydrogen-bond donors (Lipinski definition) is 2. The van der Waals surface area contributed by atoms with Gasteiger partial charge in [-0.3, -0.25) is 9.78 Å². The first-order valence-electron chi connectivity index (χ1n) is 7.58. The third-order valence-corrected chi connectivity index (χ3v) is 3.47. The maximum absolute atomic E-state index is 12.9. The van der Waals surface area contributed by atoms with Gasteiger partial charge in [-0.05, 0) is 60.7 Å². The third kappa shape index (κ3) is 4.32. The van der Waals surface area contributed by atoms with Crippen LogP contribution >= 0.6 is 0 Å². The summed E-state index contributed by atoms with van der Waals surface area (Å²) >= 11 is 0. The van der Waals surface area contributed by atoms with E-state index >= 15 is 0 Å². The number of rotatable bonds is 5. The number of anilines is 3. The summed E-state index contributed by atoms with van der Waals surface area (Å²) in [5.41, 5.74) is 2.34. The fourth-order valence-electron chi connectivity index (χ4n) is 2.20. The Hall–Kier alpha value is -3.41. The summed E-state index contributed by atoms with van der Waals surface area (Å²) in [6, 6.07) is 16.4. The van der Waals surface area contributed by atoms with Crippen LogP contribution in [-0.4, -0.2) is 18.0 Å². The highest BCUT2D eigenvalue weighted by molar-refractivity contribution is 6.03. The number of carbonyl (C=O) groups excluding carboxylic acids is 1. The van der Waals surface area contributed by atoms with Gasteiger partial charge in [-0.2, -0.15) is 0 Å². The molecule has 0 radical (unpaired) electrons. The Balaban J connectivity index is 1.71. The normalized spacial score (nSPS) is 10.2. The van der Waals surface area contributed by atoms with Gasteiger partial charge in [0.2, 0.25) is 0 Å². The number of halogens is 1. The van der Waals surface area contributed by atoms with E-state index < -0.39 is 0 Å². The highest BCUT2D eigenvalue weighted by Gasteiger charge is 2.09. The molecule has 0 saturated carbocycles. The average Bonchev–Trinajstić information content (AvgIpc) is 2.64. The van der Waals surface area contributed by atoms with E-state index in [-0.39, 0.29) is 17.4 Å². The minimum Gasteiger partial charge on any atom is -0.497 e. The Morgan fingerprint density at radius 3 is 2.32 bits per heavy atom. The number of hydrogen-bond acceptors (Lipinski definition) is 4. The summed E-state index contributed by atoms with van der Waals surface area (Å²) < 4.78 is 18.0. The van der Waals surface area contributed by atoms with Crippen LogP contribution in [0.4, 0.5) is 21.5 Å². The second-order valence-electron chi connectivity index (χ2n) is 5.24. The van der Waals surface area contributed by atoms with Crippen molar-refractivity contribution < 1.29 is 13.9 Å². The lowest BCUT2D eigenvalue weighted by molar-refractivity contribution is 0.102. The highest BCUT2D eigenvalue weighted by Crippen LogP contribution is 2.20. The van der Waals surface area contributed by atoms with Gasteiger partial charge in [0.1, 0.15) is 17.3 Å². The minimum atomic E-state index is -0.370. The molecule has 6 heteroatoms. The van der Waals surface area contributed by atoms with E-state index in [2.05, 4.69) is 15.6 Å². The predicted octanol–water partition coefficient (Wildman–Crippen LogP) is 4.23. The van der Waals surface area contributed by atoms with Crippen molar-refractivity contribution in [1.29, 1.82) is 0 Å². The zero-order valence-electron chi connectivity index (χ0n) is 13.5. The largest absolute Gasteiger partial charge is 0.497 e. The third-order valence-electron chi connectivity index (χ3n) is 3.47. The summed E-state index contributed by atoms with van der Waals surface area (Å²) in [5.74, 6) is 0.0337. The van der Waals surface area contributed by atoms with Gasteiger partial charge in [-0.15, -0.1) is 0 Å². The number of carbonyl (C=O) groups is 1. The van der Waals surface area contributed by atoms with Crippen molar-refractivity contribution in [2.24, 2.45) is 0 Å². The van der Waals surface area contributed by atoms with Crippen molar-refractivity contribution in [3.8, 4) is 5.75 Å². The molecule has 3 aromatic rings. The zero-order chi connectivity index (χ0) is 17.6. The number of nitrogens with zero attached hydrogens (tertiary/aromatic N) is 1. The van der Waals surface area contributed by atoms with Gasteiger partial charge < -0.3 is 15.4 Å². The molecule has 1 heterocycles. The molecule has 0 aliphatic heterocycles. The lowest BCUT2D eigenvalue weighted by Gasteiger charge is -2.09. The van der Waals surface area contributed by atoms with Crippen LogP contribution in [0, 0.1) is 5.82 Å². The van der Waals surface area contributed by atoms with E-state index in [1.807, 2.05) is 24.3 Å². The Kier molecular flexibility index (Phi) is 4.89. The van der Waals surface area contributed by atoms with Crippen LogP contribution in [0.25, 0.3) is 0 Å². The predicted molar refractivity (Wildman–Crippen MR) is 94.9 cm³/mol. The van der Waals surface area contributed by atoms with E-state index in [1.54, 1.807) is 25.4 Å². The van der Waals surface area contributed by atoms with Gasteiger partial charge in [0, 0.05) is 23.3 Å². The van der Waals surface area contributed by atoms with Crippen molar-refractivity contribution in [2.45, 2.75) is 0 Å². The van der Waals surface area contributed by atoms with Gasteiger partial charge >= 0.3 is 0 Å². The van der Waals surface area contributed by atoms with Gasteiger partial charge in [-0.25, -0.2) is 4.39 Å². The molecule has 1 amide bonds. The maximum atomic E-state index is 12.9. The molecule has 25 heavy (non-hydrogen) atoms. The molecular weight excluding hydrogens is 321 g/mol. The molecule has 1 aromatic heterocycles. The summed E-state index contributed by atoms with van der Waals surface area (Å²) in [4.78, 5) is 16.4. The Bertz CT molecular complexity index is 865. The molecule has 0 unspecified atom stereocenters. The number of pyridine rings is 1. The van der Waals surface area contributed by atoms with Gasteiger partial charge in [0.15, 0.2) is 0 Å². The molecule has 5 nitrogen and oxygen atoms in total.